The van der Waals surface area contributed by atoms with Gasteiger partial charge in [-0.2, -0.15) is 0 Å². The van der Waals surface area contributed by atoms with Crippen molar-refractivity contribution < 1.29 is 4.79 Å². The SMILES string of the molecule is CC(=O)C=C(C)Nc1ccccc1P(c1ccccc1)c1ccccc1. The van der Waals surface area contributed by atoms with E-state index in [0.717, 1.165) is 11.4 Å². The molecule has 2 nitrogen and oxygen atoms in total. The first kappa shape index (κ1) is 18.1. The fourth-order valence-corrected chi connectivity index (χ4v) is 5.31. The molecule has 0 saturated heterocycles. The molecule has 1 N–H and O–H groups in total. The molecule has 0 bridgehead atoms. The number of anilines is 1. The van der Waals surface area contributed by atoms with Crippen LogP contribution in [0, 0.1) is 0 Å². The van der Waals surface area contributed by atoms with Gasteiger partial charge in [-0.25, -0.2) is 0 Å². The van der Waals surface area contributed by atoms with Gasteiger partial charge in [-0.1, -0.05) is 78.9 Å². The number of nitrogens with one attached hydrogen (secondary N) is 1. The van der Waals surface area contributed by atoms with Crippen LogP contribution in [0.25, 0.3) is 0 Å². The molecule has 0 saturated carbocycles. The second kappa shape index (κ2) is 8.60. The molecule has 0 atom stereocenters. The highest BCUT2D eigenvalue weighted by molar-refractivity contribution is 7.80. The number of carbonyl (C=O) groups excluding carboxylic acids is 1. The largest absolute Gasteiger partial charge is 0.359 e. The van der Waals surface area contributed by atoms with E-state index in [9.17, 15) is 4.79 Å². The van der Waals surface area contributed by atoms with Gasteiger partial charge in [0.15, 0.2) is 5.78 Å². The van der Waals surface area contributed by atoms with E-state index >= 15 is 0 Å². The molecule has 3 heteroatoms. The van der Waals surface area contributed by atoms with Crippen LogP contribution >= 0.6 is 7.92 Å². The third-order valence-electron chi connectivity index (χ3n) is 3.93. The van der Waals surface area contributed by atoms with Crippen LogP contribution in [0.15, 0.2) is 96.7 Å². The maximum absolute atomic E-state index is 11.4. The second-order valence-corrected chi connectivity index (χ2v) is 8.27. The summed E-state index contributed by atoms with van der Waals surface area (Å²) in [4.78, 5) is 11.4. The summed E-state index contributed by atoms with van der Waals surface area (Å²) in [5.74, 6) is 0.0425. The third-order valence-corrected chi connectivity index (χ3v) is 6.43. The summed E-state index contributed by atoms with van der Waals surface area (Å²) in [6.07, 6.45) is 1.63. The average Bonchev–Trinajstić information content (AvgIpc) is 2.64. The number of rotatable bonds is 6. The Morgan fingerprint density at radius 3 is 1.81 bits per heavy atom. The first-order valence-corrected chi connectivity index (χ1v) is 9.94. The summed E-state index contributed by atoms with van der Waals surface area (Å²) in [6, 6.07) is 29.6. The van der Waals surface area contributed by atoms with Gasteiger partial charge in [0.2, 0.25) is 0 Å². The van der Waals surface area contributed by atoms with Crippen molar-refractivity contribution in [3.05, 3.63) is 96.7 Å². The molecule has 0 unspecified atom stereocenters. The maximum Gasteiger partial charge on any atom is 0.154 e. The van der Waals surface area contributed by atoms with Crippen LogP contribution in [-0.2, 0) is 4.79 Å². The molecule has 0 spiro atoms. The topological polar surface area (TPSA) is 29.1 Å². The first-order chi connectivity index (χ1) is 12.6. The number of carbonyl (C=O) groups is 1. The van der Waals surface area contributed by atoms with E-state index < -0.39 is 7.92 Å². The molecule has 3 rings (SSSR count). The highest BCUT2D eigenvalue weighted by Crippen LogP contribution is 2.35. The summed E-state index contributed by atoms with van der Waals surface area (Å²) in [7, 11) is -0.692. The molecule has 3 aromatic rings. The van der Waals surface area contributed by atoms with Gasteiger partial charge in [0.25, 0.3) is 0 Å². The van der Waals surface area contributed by atoms with Crippen LogP contribution in [0.4, 0.5) is 5.69 Å². The minimum Gasteiger partial charge on any atom is -0.359 e. The van der Waals surface area contributed by atoms with Crippen molar-refractivity contribution in [2.45, 2.75) is 13.8 Å². The molecule has 0 heterocycles. The number of para-hydroxylation sites is 1. The summed E-state index contributed by atoms with van der Waals surface area (Å²) in [6.45, 7) is 3.49. The Labute approximate surface area is 156 Å². The van der Waals surface area contributed by atoms with E-state index in [1.165, 1.54) is 15.9 Å². The molecule has 0 aliphatic rings. The molecule has 26 heavy (non-hydrogen) atoms. The fourth-order valence-electron chi connectivity index (χ4n) is 2.91. The predicted octanol–water partition coefficient (Wildman–Crippen LogP) is 4.35. The molecule has 130 valence electrons. The van der Waals surface area contributed by atoms with Crippen LogP contribution in [0.3, 0.4) is 0 Å². The van der Waals surface area contributed by atoms with E-state index in [1.54, 1.807) is 13.0 Å². The maximum atomic E-state index is 11.4. The summed E-state index contributed by atoms with van der Waals surface area (Å²) < 4.78 is 0. The van der Waals surface area contributed by atoms with Crippen molar-refractivity contribution in [1.82, 2.24) is 0 Å². The molecule has 0 fully saturated rings. The summed E-state index contributed by atoms with van der Waals surface area (Å²) in [5.41, 5.74) is 1.89. The fraction of sp³-hybridized carbons (Fsp3) is 0.0870. The Hall–Kier alpha value is -2.70. The third kappa shape index (κ3) is 4.47. The smallest absolute Gasteiger partial charge is 0.154 e. The van der Waals surface area contributed by atoms with E-state index in [2.05, 4.69) is 72.0 Å². The highest BCUT2D eigenvalue weighted by Gasteiger charge is 2.19. The molecule has 0 radical (unpaired) electrons. The average molecular weight is 359 g/mol. The lowest BCUT2D eigenvalue weighted by Gasteiger charge is -2.23. The van der Waals surface area contributed by atoms with Gasteiger partial charge in [-0.3, -0.25) is 4.79 Å². The first-order valence-electron chi connectivity index (χ1n) is 8.60. The molecule has 0 aromatic heterocycles. The summed E-state index contributed by atoms with van der Waals surface area (Å²) >= 11 is 0. The molecule has 0 aliphatic carbocycles. The monoisotopic (exact) mass is 359 g/mol. The van der Waals surface area contributed by atoms with Gasteiger partial charge in [0.1, 0.15) is 0 Å². The molecule has 0 amide bonds. The van der Waals surface area contributed by atoms with Crippen molar-refractivity contribution in [1.29, 1.82) is 0 Å². The zero-order chi connectivity index (χ0) is 18.4. The van der Waals surface area contributed by atoms with Crippen LogP contribution in [0.5, 0.6) is 0 Å². The lowest BCUT2D eigenvalue weighted by Crippen LogP contribution is -2.23. The van der Waals surface area contributed by atoms with Crippen LogP contribution in [0.2, 0.25) is 0 Å². The highest BCUT2D eigenvalue weighted by atomic mass is 31.1. The van der Waals surface area contributed by atoms with E-state index in [0.29, 0.717) is 0 Å². The zero-order valence-electron chi connectivity index (χ0n) is 15.0. The lowest BCUT2D eigenvalue weighted by atomic mass is 10.3. The van der Waals surface area contributed by atoms with Gasteiger partial charge in [-0.05, 0) is 44.5 Å². The molecule has 3 aromatic carbocycles. The van der Waals surface area contributed by atoms with Crippen LogP contribution in [-0.4, -0.2) is 5.78 Å². The Balaban J connectivity index is 2.10. The quantitative estimate of drug-likeness (QED) is 0.524. The van der Waals surface area contributed by atoms with Gasteiger partial charge in [0.05, 0.1) is 0 Å². The Morgan fingerprint density at radius 1 is 0.769 bits per heavy atom. The van der Waals surface area contributed by atoms with Gasteiger partial charge in [-0.15, -0.1) is 0 Å². The van der Waals surface area contributed by atoms with Crippen molar-refractivity contribution in [2.75, 3.05) is 5.32 Å². The minimum atomic E-state index is -0.692. The van der Waals surface area contributed by atoms with Crippen molar-refractivity contribution in [3.8, 4) is 0 Å². The molecule has 0 aliphatic heterocycles. The zero-order valence-corrected chi connectivity index (χ0v) is 15.9. The van der Waals surface area contributed by atoms with Gasteiger partial charge >= 0.3 is 0 Å². The van der Waals surface area contributed by atoms with Crippen molar-refractivity contribution in [2.24, 2.45) is 0 Å². The van der Waals surface area contributed by atoms with E-state index in [4.69, 9.17) is 0 Å². The Morgan fingerprint density at radius 2 is 1.27 bits per heavy atom. The second-order valence-electron chi connectivity index (χ2n) is 6.09. The molecular formula is C23H22NOP. The number of hydrogen-bond donors (Lipinski definition) is 1. The van der Waals surface area contributed by atoms with Crippen LogP contribution in [0.1, 0.15) is 13.8 Å². The predicted molar refractivity (Wildman–Crippen MR) is 113 cm³/mol. The van der Waals surface area contributed by atoms with Gasteiger partial charge in [0, 0.05) is 16.7 Å². The number of allylic oxidation sites excluding steroid dienone is 2. The molecular weight excluding hydrogens is 337 g/mol. The van der Waals surface area contributed by atoms with Crippen LogP contribution < -0.4 is 21.2 Å². The van der Waals surface area contributed by atoms with E-state index in [-0.39, 0.29) is 5.78 Å². The summed E-state index contributed by atoms with van der Waals surface area (Å²) in [5, 5.41) is 7.27. The normalized spacial score (nSPS) is 11.4. The minimum absolute atomic E-state index is 0.0425. The number of benzene rings is 3. The number of hydrogen-bond acceptors (Lipinski definition) is 2. The standard InChI is InChI=1S/C23H22NOP/c1-18(17-19(2)25)24-22-15-9-10-16-23(22)26(20-11-5-3-6-12-20)21-13-7-4-8-14-21/h3-17,24H,1-2H3. The van der Waals surface area contributed by atoms with Crippen molar-refractivity contribution in [3.63, 3.8) is 0 Å². The lowest BCUT2D eigenvalue weighted by molar-refractivity contribution is -0.112. The Bertz CT molecular complexity index is 864. The van der Waals surface area contributed by atoms with Gasteiger partial charge < -0.3 is 5.32 Å². The van der Waals surface area contributed by atoms with Crippen molar-refractivity contribution >= 4 is 35.3 Å². The Kier molecular flexibility index (Phi) is 5.99. The van der Waals surface area contributed by atoms with E-state index in [1.807, 2.05) is 25.1 Å². The number of ketones is 1.